The average molecular weight is 528 g/mol. The van der Waals surface area contributed by atoms with Gasteiger partial charge in [0.2, 0.25) is 0 Å². The lowest BCUT2D eigenvalue weighted by atomic mass is 10.1. The number of benzene rings is 1. The summed E-state index contributed by atoms with van der Waals surface area (Å²) in [6, 6.07) is 12.6. The highest BCUT2D eigenvalue weighted by molar-refractivity contribution is 7.18. The minimum Gasteiger partial charge on any atom is -0.495 e. The fraction of sp³-hybridized carbons (Fsp3) is 0.370. The van der Waals surface area contributed by atoms with Gasteiger partial charge < -0.3 is 15.0 Å². The Labute approximate surface area is 217 Å². The lowest BCUT2D eigenvalue weighted by molar-refractivity contribution is -0.126. The largest absolute Gasteiger partial charge is 0.495 e. The van der Waals surface area contributed by atoms with Crippen LogP contribution in [-0.2, 0) is 13.0 Å². The van der Waals surface area contributed by atoms with Crippen molar-refractivity contribution in [2.45, 2.75) is 50.5 Å². The van der Waals surface area contributed by atoms with E-state index in [9.17, 15) is 13.2 Å². The van der Waals surface area contributed by atoms with Crippen molar-refractivity contribution in [2.75, 3.05) is 19.1 Å². The molecule has 3 heterocycles. The summed E-state index contributed by atoms with van der Waals surface area (Å²) in [5.74, 6) is 1.43. The summed E-state index contributed by atoms with van der Waals surface area (Å²) in [7, 11) is 3.60. The summed E-state index contributed by atoms with van der Waals surface area (Å²) >= 11 is 1.09. The molecule has 2 unspecified atom stereocenters. The number of nitrogens with one attached hydrogen (secondary N) is 1. The van der Waals surface area contributed by atoms with Crippen LogP contribution in [0.4, 0.5) is 19.0 Å². The van der Waals surface area contributed by atoms with Gasteiger partial charge in [-0.15, -0.1) is 11.3 Å². The number of hydrogen-bond donors (Lipinski definition) is 1. The van der Waals surface area contributed by atoms with Crippen molar-refractivity contribution < 1.29 is 17.9 Å². The number of pyridine rings is 1. The van der Waals surface area contributed by atoms with E-state index in [1.807, 2.05) is 19.3 Å². The Morgan fingerprint density at radius 3 is 2.65 bits per heavy atom. The van der Waals surface area contributed by atoms with Gasteiger partial charge in [-0.25, -0.2) is 9.97 Å². The monoisotopic (exact) mass is 527 g/mol. The minimum atomic E-state index is -4.24. The zero-order valence-corrected chi connectivity index (χ0v) is 21.4. The van der Waals surface area contributed by atoms with Gasteiger partial charge >= 0.3 is 6.18 Å². The number of halogens is 3. The molecule has 0 radical (unpaired) electrons. The number of alkyl halides is 3. The number of anilines is 1. The molecule has 194 valence electrons. The van der Waals surface area contributed by atoms with Crippen LogP contribution in [0.15, 0.2) is 55.1 Å². The standard InChI is InChI=1S/C27H28F3N5OS/c1-35(25-24-11-23(12-27(28,29)30)37-26(24)34-16-33-25)21-8-7-20(10-21)32-13-17-3-5-18(6-4-17)19-9-22(36-2)15-31-14-19/h3-6,9,11,14-16,20-21,32H,7-8,10,12-13H2,1-2H3. The number of hydrogen-bond acceptors (Lipinski definition) is 7. The Balaban J connectivity index is 1.19. The van der Waals surface area contributed by atoms with E-state index in [0.717, 1.165) is 54.0 Å². The summed E-state index contributed by atoms with van der Waals surface area (Å²) < 4.78 is 43.9. The highest BCUT2D eigenvalue weighted by Crippen LogP contribution is 2.36. The molecule has 0 spiro atoms. The summed E-state index contributed by atoms with van der Waals surface area (Å²) in [5.41, 5.74) is 3.29. The SMILES string of the molecule is COc1cncc(-c2ccc(CNC3CCC(N(C)c4ncnc5sc(CC(F)(F)F)cc45)C3)cc2)c1. The second-order valence-corrected chi connectivity index (χ2v) is 10.5. The number of thiophene rings is 1. The normalized spacial score (nSPS) is 17.9. The molecular weight excluding hydrogens is 499 g/mol. The van der Waals surface area contributed by atoms with Crippen LogP contribution in [0.5, 0.6) is 5.75 Å². The second-order valence-electron chi connectivity index (χ2n) is 9.39. The van der Waals surface area contributed by atoms with E-state index in [1.165, 1.54) is 11.9 Å². The van der Waals surface area contributed by atoms with Gasteiger partial charge in [-0.1, -0.05) is 24.3 Å². The molecule has 1 saturated carbocycles. The van der Waals surface area contributed by atoms with Gasteiger partial charge in [0.1, 0.15) is 22.7 Å². The molecule has 0 bridgehead atoms. The maximum atomic E-state index is 12.9. The molecule has 1 aliphatic rings. The molecule has 4 aromatic rings. The molecule has 10 heteroatoms. The Morgan fingerprint density at radius 2 is 1.89 bits per heavy atom. The lowest BCUT2D eigenvalue weighted by Crippen LogP contribution is -2.33. The first kappa shape index (κ1) is 25.4. The molecular formula is C27H28F3N5OS. The molecule has 3 aromatic heterocycles. The fourth-order valence-electron chi connectivity index (χ4n) is 4.89. The third kappa shape index (κ3) is 6.02. The van der Waals surface area contributed by atoms with Gasteiger partial charge in [0.25, 0.3) is 0 Å². The van der Waals surface area contributed by atoms with Crippen molar-refractivity contribution in [3.05, 3.63) is 65.6 Å². The molecule has 1 N–H and O–H groups in total. The van der Waals surface area contributed by atoms with Crippen LogP contribution in [0.3, 0.4) is 0 Å². The van der Waals surface area contributed by atoms with Crippen molar-refractivity contribution in [2.24, 2.45) is 0 Å². The molecule has 0 saturated heterocycles. The van der Waals surface area contributed by atoms with Crippen molar-refractivity contribution in [3.63, 3.8) is 0 Å². The third-order valence-electron chi connectivity index (χ3n) is 6.85. The molecule has 6 nitrogen and oxygen atoms in total. The molecule has 5 rings (SSSR count). The summed E-state index contributed by atoms with van der Waals surface area (Å²) in [6.45, 7) is 0.765. The van der Waals surface area contributed by atoms with Crippen LogP contribution in [0, 0.1) is 0 Å². The topological polar surface area (TPSA) is 63.2 Å². The quantitative estimate of drug-likeness (QED) is 0.303. The first-order valence-electron chi connectivity index (χ1n) is 12.1. The summed E-state index contributed by atoms with van der Waals surface area (Å²) in [4.78, 5) is 15.8. The number of methoxy groups -OCH3 is 1. The molecule has 2 atom stereocenters. The number of aromatic nitrogens is 3. The maximum absolute atomic E-state index is 12.9. The number of nitrogens with zero attached hydrogens (tertiary/aromatic N) is 4. The van der Waals surface area contributed by atoms with Crippen LogP contribution in [0.2, 0.25) is 0 Å². The van der Waals surface area contributed by atoms with Gasteiger partial charge in [0, 0.05) is 42.3 Å². The van der Waals surface area contributed by atoms with Crippen molar-refractivity contribution in [1.82, 2.24) is 20.3 Å². The summed E-state index contributed by atoms with van der Waals surface area (Å²) in [6.07, 6.45) is 2.73. The van der Waals surface area contributed by atoms with Gasteiger partial charge in [-0.3, -0.25) is 4.98 Å². The zero-order chi connectivity index (χ0) is 26.0. The third-order valence-corrected chi connectivity index (χ3v) is 7.89. The van der Waals surface area contributed by atoms with E-state index in [0.29, 0.717) is 22.1 Å². The zero-order valence-electron chi connectivity index (χ0n) is 20.6. The average Bonchev–Trinajstić information content (AvgIpc) is 3.53. The fourth-order valence-corrected chi connectivity index (χ4v) is 5.91. The van der Waals surface area contributed by atoms with Crippen LogP contribution in [0.25, 0.3) is 21.3 Å². The van der Waals surface area contributed by atoms with Gasteiger partial charge in [-0.2, -0.15) is 13.2 Å². The van der Waals surface area contributed by atoms with E-state index in [2.05, 4.69) is 49.4 Å². The molecule has 0 amide bonds. The first-order chi connectivity index (χ1) is 17.8. The number of ether oxygens (including phenoxy) is 1. The minimum absolute atomic E-state index is 0.254. The van der Waals surface area contributed by atoms with Crippen molar-refractivity contribution in [3.8, 4) is 16.9 Å². The van der Waals surface area contributed by atoms with E-state index in [1.54, 1.807) is 19.4 Å². The van der Waals surface area contributed by atoms with E-state index in [-0.39, 0.29) is 10.9 Å². The van der Waals surface area contributed by atoms with Crippen molar-refractivity contribution in [1.29, 1.82) is 0 Å². The smallest absolute Gasteiger partial charge is 0.393 e. The molecule has 1 aliphatic carbocycles. The maximum Gasteiger partial charge on any atom is 0.393 e. The lowest BCUT2D eigenvalue weighted by Gasteiger charge is -2.26. The van der Waals surface area contributed by atoms with Gasteiger partial charge in [0.15, 0.2) is 0 Å². The van der Waals surface area contributed by atoms with Gasteiger partial charge in [0.05, 0.1) is 25.1 Å². The van der Waals surface area contributed by atoms with Crippen LogP contribution in [-0.4, -0.2) is 47.4 Å². The van der Waals surface area contributed by atoms with Crippen molar-refractivity contribution >= 4 is 27.4 Å². The molecule has 0 aliphatic heterocycles. The predicted molar refractivity (Wildman–Crippen MR) is 140 cm³/mol. The first-order valence-corrected chi connectivity index (χ1v) is 13.0. The van der Waals surface area contributed by atoms with Crippen LogP contribution < -0.4 is 15.0 Å². The molecule has 37 heavy (non-hydrogen) atoms. The highest BCUT2D eigenvalue weighted by Gasteiger charge is 2.31. The Morgan fingerprint density at radius 1 is 1.08 bits per heavy atom. The Hall–Kier alpha value is -3.24. The van der Waals surface area contributed by atoms with Crippen LogP contribution >= 0.6 is 11.3 Å². The predicted octanol–water partition coefficient (Wildman–Crippen LogP) is 6.01. The number of rotatable bonds is 8. The highest BCUT2D eigenvalue weighted by atomic mass is 32.1. The summed E-state index contributed by atoms with van der Waals surface area (Å²) in [5, 5.41) is 4.36. The Bertz CT molecular complexity index is 1360. The molecule has 1 fully saturated rings. The molecule has 1 aromatic carbocycles. The number of fused-ring (bicyclic) bond motifs is 1. The van der Waals surface area contributed by atoms with E-state index in [4.69, 9.17) is 4.74 Å². The van der Waals surface area contributed by atoms with E-state index < -0.39 is 12.6 Å². The van der Waals surface area contributed by atoms with E-state index >= 15 is 0 Å². The van der Waals surface area contributed by atoms with Crippen LogP contribution in [0.1, 0.15) is 29.7 Å². The second kappa shape index (κ2) is 10.6. The van der Waals surface area contributed by atoms with Gasteiger partial charge in [-0.05, 0) is 42.5 Å². The Kier molecular flexibility index (Phi) is 7.30.